The number of fused-ring (bicyclic) bond motifs is 1. The molecule has 10 nitrogen and oxygen atoms in total. The van der Waals surface area contributed by atoms with Crippen LogP contribution < -0.4 is 15.3 Å². The van der Waals surface area contributed by atoms with Gasteiger partial charge < -0.3 is 19.8 Å². The summed E-state index contributed by atoms with van der Waals surface area (Å²) in [6, 6.07) is 14.1. The van der Waals surface area contributed by atoms with Crippen molar-refractivity contribution in [2.75, 3.05) is 29.4 Å². The van der Waals surface area contributed by atoms with Gasteiger partial charge in [0.25, 0.3) is 5.91 Å². The third-order valence-electron chi connectivity index (χ3n) is 6.91. The number of rotatable bonds is 9. The number of hydrogen-bond acceptors (Lipinski definition) is 7. The van der Waals surface area contributed by atoms with Crippen LogP contribution in [-0.4, -0.2) is 55.1 Å². The van der Waals surface area contributed by atoms with E-state index in [0.29, 0.717) is 25.1 Å². The quantitative estimate of drug-likeness (QED) is 0.357. The lowest BCUT2D eigenvalue weighted by Gasteiger charge is -2.37. The largest absolute Gasteiger partial charge is 0.509 e. The fourth-order valence-electron chi connectivity index (χ4n) is 4.91. The van der Waals surface area contributed by atoms with Crippen molar-refractivity contribution < 1.29 is 27.4 Å². The number of aliphatic hydroxyl groups excluding tert-OH is 1. The van der Waals surface area contributed by atoms with Crippen molar-refractivity contribution in [3.8, 4) is 0 Å². The van der Waals surface area contributed by atoms with Crippen LogP contribution in [0.5, 0.6) is 0 Å². The molecule has 0 aromatic heterocycles. The van der Waals surface area contributed by atoms with Gasteiger partial charge in [-0.2, -0.15) is 4.76 Å². The molecular weight excluding hydrogens is 551 g/mol. The lowest BCUT2D eigenvalue weighted by atomic mass is 9.88. The molecule has 2 aliphatic heterocycles. The van der Waals surface area contributed by atoms with Crippen LogP contribution in [0.15, 0.2) is 64.6 Å². The molecule has 0 aliphatic carbocycles. The molecule has 2 heterocycles. The lowest BCUT2D eigenvalue weighted by molar-refractivity contribution is -0.129. The van der Waals surface area contributed by atoms with Crippen molar-refractivity contribution >= 4 is 46.0 Å². The Balaban J connectivity index is 1.81. The van der Waals surface area contributed by atoms with E-state index >= 15 is 0 Å². The lowest BCUT2D eigenvalue weighted by Crippen LogP contribution is -2.49. The van der Waals surface area contributed by atoms with E-state index in [4.69, 9.17) is 4.52 Å². The number of amides is 1. The number of benzene rings is 2. The number of nitrogens with one attached hydrogen (secondary N) is 2. The Hall–Kier alpha value is -3.14. The van der Waals surface area contributed by atoms with Gasteiger partial charge in [-0.15, -0.1) is 0 Å². The number of carbonyl (C=O) groups is 1. The summed E-state index contributed by atoms with van der Waals surface area (Å²) < 4.78 is 50.0. The molecule has 0 fully saturated rings. The highest BCUT2D eigenvalue weighted by molar-refractivity contribution is 7.92. The normalized spacial score (nSPS) is 23.1. The minimum Gasteiger partial charge on any atom is -0.509 e. The van der Waals surface area contributed by atoms with Gasteiger partial charge in [-0.05, 0) is 49.4 Å². The first-order chi connectivity index (χ1) is 18.6. The predicted octanol–water partition coefficient (Wildman–Crippen LogP) is 4.83. The van der Waals surface area contributed by atoms with Crippen LogP contribution in [0.3, 0.4) is 0 Å². The first kappa shape index (κ1) is 29.8. The molecular formula is C28H37N4O6PS. The van der Waals surface area contributed by atoms with Crippen molar-refractivity contribution in [2.24, 2.45) is 10.2 Å². The Morgan fingerprint density at radius 2 is 1.85 bits per heavy atom. The molecule has 2 atom stereocenters. The third-order valence-corrected chi connectivity index (χ3v) is 9.57. The number of anilines is 2. The minimum absolute atomic E-state index is 0.0480. The SMILES string of the molecule is CCOP1(=O)N=C(C2=C(O)C(C)(Cc3ccccc3)N(CCC(C)(C)C)C2=O)Nc2ccc(NS(C)(=O)=O)cc21. The van der Waals surface area contributed by atoms with E-state index < -0.39 is 29.0 Å². The van der Waals surface area contributed by atoms with Crippen molar-refractivity contribution in [3.05, 3.63) is 65.4 Å². The molecule has 0 saturated carbocycles. The Morgan fingerprint density at radius 1 is 1.18 bits per heavy atom. The number of amidine groups is 1. The smallest absolute Gasteiger partial charge is 0.348 e. The van der Waals surface area contributed by atoms with Gasteiger partial charge in [-0.3, -0.25) is 14.1 Å². The molecule has 1 amide bonds. The van der Waals surface area contributed by atoms with Crippen LogP contribution in [-0.2, 0) is 30.3 Å². The molecule has 2 aromatic rings. The van der Waals surface area contributed by atoms with Crippen molar-refractivity contribution in [3.63, 3.8) is 0 Å². The van der Waals surface area contributed by atoms with Gasteiger partial charge in [0.2, 0.25) is 10.0 Å². The van der Waals surface area contributed by atoms with Gasteiger partial charge in [0, 0.05) is 18.7 Å². The second kappa shape index (κ2) is 10.7. The second-order valence-electron chi connectivity index (χ2n) is 11.5. The van der Waals surface area contributed by atoms with Crippen molar-refractivity contribution in [1.82, 2.24) is 4.90 Å². The zero-order valence-electron chi connectivity index (χ0n) is 23.7. The molecule has 0 bridgehead atoms. The van der Waals surface area contributed by atoms with E-state index in [9.17, 15) is 22.9 Å². The number of nitrogens with zero attached hydrogens (tertiary/aromatic N) is 2. The van der Waals surface area contributed by atoms with Crippen LogP contribution in [0.25, 0.3) is 0 Å². The van der Waals surface area contributed by atoms with Crippen molar-refractivity contribution in [2.45, 2.75) is 53.0 Å². The highest BCUT2D eigenvalue weighted by Crippen LogP contribution is 2.53. The Bertz CT molecular complexity index is 1530. The summed E-state index contributed by atoms with van der Waals surface area (Å²) in [6.07, 6.45) is 2.08. The summed E-state index contributed by atoms with van der Waals surface area (Å²) in [6.45, 7) is 10.2. The second-order valence-corrected chi connectivity index (χ2v) is 15.3. The topological polar surface area (TPSA) is 137 Å². The van der Waals surface area contributed by atoms with Crippen LogP contribution in [0, 0.1) is 5.41 Å². The maximum atomic E-state index is 14.1. The van der Waals surface area contributed by atoms with E-state index in [1.807, 2.05) is 37.3 Å². The maximum absolute atomic E-state index is 14.1. The number of carbonyl (C=O) groups excluding carboxylic acids is 1. The number of sulfonamides is 1. The molecule has 0 radical (unpaired) electrons. The zero-order chi connectivity index (χ0) is 29.5. The fraction of sp³-hybridized carbons (Fsp3) is 0.429. The van der Waals surface area contributed by atoms with Gasteiger partial charge in [-0.25, -0.2) is 8.42 Å². The van der Waals surface area contributed by atoms with Gasteiger partial charge >= 0.3 is 7.52 Å². The van der Waals surface area contributed by atoms with E-state index in [2.05, 4.69) is 35.6 Å². The third kappa shape index (κ3) is 6.11. The van der Waals surface area contributed by atoms with E-state index in [1.165, 1.54) is 12.1 Å². The minimum atomic E-state index is -3.95. The average molecular weight is 589 g/mol. The highest BCUT2D eigenvalue weighted by Gasteiger charge is 2.51. The van der Waals surface area contributed by atoms with Crippen LogP contribution in [0.2, 0.25) is 0 Å². The van der Waals surface area contributed by atoms with Crippen LogP contribution in [0.1, 0.15) is 46.6 Å². The molecule has 40 heavy (non-hydrogen) atoms. The molecule has 2 unspecified atom stereocenters. The molecule has 0 spiro atoms. The molecule has 2 aromatic carbocycles. The Labute approximate surface area is 236 Å². The molecule has 0 saturated heterocycles. The average Bonchev–Trinajstić information content (AvgIpc) is 3.01. The van der Waals surface area contributed by atoms with Crippen molar-refractivity contribution in [1.29, 1.82) is 0 Å². The summed E-state index contributed by atoms with van der Waals surface area (Å²) in [5, 5.41) is 14.9. The summed E-state index contributed by atoms with van der Waals surface area (Å²) >= 11 is 0. The number of aliphatic hydroxyl groups is 1. The molecule has 12 heteroatoms. The standard InChI is InChI=1S/C28H37N4O6PS/c1-7-38-39(35)22-17-20(31-40(6,36)37)13-14-21(22)29-25(30-39)23-24(33)28(5,18-19-11-9-8-10-12-19)32(26(23)34)16-15-27(2,3)4/h8-14,17,31,33H,7,15-16,18H2,1-6H3,(H,29,30,35). The fourth-order valence-corrected chi connectivity index (χ4v) is 7.27. The highest BCUT2D eigenvalue weighted by atomic mass is 32.2. The van der Waals surface area contributed by atoms with Gasteiger partial charge in [0.15, 0.2) is 5.84 Å². The Kier molecular flexibility index (Phi) is 7.97. The summed E-state index contributed by atoms with van der Waals surface area (Å²) in [5.41, 5.74) is 0.296. The molecule has 216 valence electrons. The van der Waals surface area contributed by atoms with Gasteiger partial charge in [0.05, 0.1) is 23.9 Å². The first-order valence-corrected chi connectivity index (χ1v) is 16.6. The van der Waals surface area contributed by atoms with Gasteiger partial charge in [0.1, 0.15) is 16.9 Å². The predicted molar refractivity (Wildman–Crippen MR) is 159 cm³/mol. The van der Waals surface area contributed by atoms with E-state index in [-0.39, 0.29) is 40.2 Å². The number of hydrogen-bond donors (Lipinski definition) is 3. The molecule has 4 rings (SSSR count). The summed E-state index contributed by atoms with van der Waals surface area (Å²) in [4.78, 5) is 15.7. The monoisotopic (exact) mass is 588 g/mol. The van der Waals surface area contributed by atoms with Gasteiger partial charge in [-0.1, -0.05) is 51.1 Å². The van der Waals surface area contributed by atoms with Crippen LogP contribution >= 0.6 is 7.52 Å². The van der Waals surface area contributed by atoms with E-state index in [1.54, 1.807) is 17.9 Å². The molecule has 2 aliphatic rings. The summed E-state index contributed by atoms with van der Waals surface area (Å²) in [7, 11) is -7.53. The maximum Gasteiger partial charge on any atom is 0.348 e. The Morgan fingerprint density at radius 3 is 2.45 bits per heavy atom. The summed E-state index contributed by atoms with van der Waals surface area (Å²) in [5.74, 6) is -0.634. The van der Waals surface area contributed by atoms with E-state index in [0.717, 1.165) is 11.8 Å². The van der Waals surface area contributed by atoms with Crippen LogP contribution in [0.4, 0.5) is 11.4 Å². The first-order valence-electron chi connectivity index (χ1n) is 13.1. The zero-order valence-corrected chi connectivity index (χ0v) is 25.4. The molecule has 3 N–H and O–H groups in total.